The first-order valence-electron chi connectivity index (χ1n) is 18.6. The number of nitrogens with one attached hydrogen (secondary N) is 3. The van der Waals surface area contributed by atoms with Crippen LogP contribution >= 0.6 is 0 Å². The van der Waals surface area contributed by atoms with Crippen LogP contribution in [0.25, 0.3) is 0 Å². The monoisotopic (exact) mass is 749 g/mol. The molecular formula is C39H47BF3N5O6. The molecule has 0 unspecified atom stereocenters. The number of carbonyl (C=O) groups excluding carboxylic acids is 2. The standard InChI is InChI=1S/C39H47BF3N5O6/c1-6-31(40-53-30-16-25-15-29(36(25,2)3)38(30,5)54-40)47-33(51)28-17-37(4,18-32(50)46-26-12-10-22(21-49)11-13-26)35-45-20-27(34(52)48(28)35)44-19-23-8-7-9-24(14-23)39(41,42)43/h7-14,20,25,28-31,44,49H,6,15-19,21H2,1-5H3,(H,46,50)(H,47,51)/t25-,28-,29-,30+,31-,37-,38-/m0/s1. The summed E-state index contributed by atoms with van der Waals surface area (Å²) in [6.45, 7) is 10.1. The Kier molecular flexibility index (Phi) is 9.75. The largest absolute Gasteiger partial charge is 0.481 e. The van der Waals surface area contributed by atoms with E-state index >= 15 is 0 Å². The lowest BCUT2D eigenvalue weighted by atomic mass is 9.43. The molecule has 15 heteroatoms. The van der Waals surface area contributed by atoms with Crippen molar-refractivity contribution in [3.63, 3.8) is 0 Å². The van der Waals surface area contributed by atoms with Gasteiger partial charge in [-0.1, -0.05) is 52.0 Å². The molecule has 288 valence electrons. The molecule has 0 radical (unpaired) electrons. The van der Waals surface area contributed by atoms with Gasteiger partial charge in [-0.05, 0) is 85.3 Å². The van der Waals surface area contributed by atoms with Crippen LogP contribution in [0, 0.1) is 17.3 Å². The Bertz CT molecular complexity index is 1990. The van der Waals surface area contributed by atoms with Crippen LogP contribution < -0.4 is 21.5 Å². The highest BCUT2D eigenvalue weighted by molar-refractivity contribution is 6.47. The van der Waals surface area contributed by atoms with Gasteiger partial charge in [0.15, 0.2) is 0 Å². The highest BCUT2D eigenvalue weighted by Crippen LogP contribution is 2.65. The molecule has 2 amide bonds. The number of rotatable bonds is 11. The van der Waals surface area contributed by atoms with Crippen LogP contribution in [0.2, 0.25) is 0 Å². The fourth-order valence-electron chi connectivity index (χ4n) is 9.32. The molecule has 5 aliphatic rings. The van der Waals surface area contributed by atoms with Gasteiger partial charge in [-0.3, -0.25) is 19.0 Å². The average Bonchev–Trinajstić information content (AvgIpc) is 3.64. The minimum Gasteiger partial charge on any atom is -0.404 e. The number of amides is 2. The van der Waals surface area contributed by atoms with Crippen molar-refractivity contribution in [2.24, 2.45) is 17.3 Å². The van der Waals surface area contributed by atoms with Crippen molar-refractivity contribution < 1.29 is 37.2 Å². The van der Waals surface area contributed by atoms with Crippen molar-refractivity contribution in [3.05, 3.63) is 87.6 Å². The zero-order valence-corrected chi connectivity index (χ0v) is 31.1. The summed E-state index contributed by atoms with van der Waals surface area (Å²) < 4.78 is 54.6. The Morgan fingerprint density at radius 1 is 1.09 bits per heavy atom. The van der Waals surface area contributed by atoms with E-state index in [2.05, 4.69) is 41.7 Å². The number of aliphatic hydroxyl groups excluding tert-OH is 1. The third kappa shape index (κ3) is 6.72. The van der Waals surface area contributed by atoms with Gasteiger partial charge in [-0.25, -0.2) is 4.98 Å². The normalized spacial score (nSPS) is 28.4. The number of aromatic nitrogens is 2. The first-order valence-corrected chi connectivity index (χ1v) is 18.6. The maximum absolute atomic E-state index is 14.3. The number of hydrogen-bond acceptors (Lipinski definition) is 8. The lowest BCUT2D eigenvalue weighted by Crippen LogP contribution is -2.65. The number of anilines is 2. The second-order valence-electron chi connectivity index (χ2n) is 16.4. The summed E-state index contributed by atoms with van der Waals surface area (Å²) in [5.41, 5.74) is -1.28. The zero-order chi connectivity index (χ0) is 38.8. The van der Waals surface area contributed by atoms with E-state index in [1.165, 1.54) is 22.9 Å². The topological polar surface area (TPSA) is 144 Å². The van der Waals surface area contributed by atoms with Crippen molar-refractivity contribution in [3.8, 4) is 0 Å². The maximum atomic E-state index is 14.3. The highest BCUT2D eigenvalue weighted by Gasteiger charge is 2.68. The number of aliphatic hydroxyl groups is 1. The number of halogens is 3. The molecule has 2 bridgehead atoms. The molecule has 1 saturated heterocycles. The molecule has 2 aromatic carbocycles. The Morgan fingerprint density at radius 2 is 1.83 bits per heavy atom. The van der Waals surface area contributed by atoms with Gasteiger partial charge in [-0.2, -0.15) is 13.2 Å². The summed E-state index contributed by atoms with van der Waals surface area (Å²) in [5.74, 6) is -0.212. The summed E-state index contributed by atoms with van der Waals surface area (Å²) in [5, 5.41) is 18.3. The van der Waals surface area contributed by atoms with Crippen molar-refractivity contribution >= 4 is 30.3 Å². The van der Waals surface area contributed by atoms with E-state index in [9.17, 15) is 32.7 Å². The molecule has 4 fully saturated rings. The summed E-state index contributed by atoms with van der Waals surface area (Å²) in [7, 11) is -0.685. The van der Waals surface area contributed by atoms with E-state index < -0.39 is 53.3 Å². The quantitative estimate of drug-likeness (QED) is 0.181. The molecular weight excluding hydrogens is 702 g/mol. The molecule has 54 heavy (non-hydrogen) atoms. The molecule has 0 spiro atoms. The Hall–Kier alpha value is -4.21. The number of benzene rings is 2. The van der Waals surface area contributed by atoms with E-state index in [0.29, 0.717) is 35.1 Å². The SMILES string of the molecule is CC[C@H](NC(=O)[C@@H]1C[C@@](C)(CC(=O)Nc2ccc(CO)cc2)c2ncc(NCc3cccc(C(F)(F)F)c3)c(=O)n21)B1O[C@@H]2C[C@@H]3C[C@@H](C3(C)C)[C@]2(C)O1. The van der Waals surface area contributed by atoms with Crippen LogP contribution in [0.3, 0.4) is 0 Å². The van der Waals surface area contributed by atoms with Crippen LogP contribution in [0.1, 0.15) is 95.3 Å². The highest BCUT2D eigenvalue weighted by atomic mass is 19.4. The molecule has 3 heterocycles. The van der Waals surface area contributed by atoms with Gasteiger partial charge in [0.1, 0.15) is 17.6 Å². The van der Waals surface area contributed by atoms with Crippen LogP contribution in [0.5, 0.6) is 0 Å². The molecule has 11 nitrogen and oxygen atoms in total. The number of carbonyl (C=O) groups is 2. The molecule has 7 atom stereocenters. The summed E-state index contributed by atoms with van der Waals surface area (Å²) in [6, 6.07) is 10.5. The lowest BCUT2D eigenvalue weighted by Gasteiger charge is -2.64. The molecule has 3 aromatic rings. The lowest BCUT2D eigenvalue weighted by molar-refractivity contribution is -0.199. The minimum absolute atomic E-state index is 0.000241. The molecule has 3 saturated carbocycles. The summed E-state index contributed by atoms with van der Waals surface area (Å²) in [4.78, 5) is 46.6. The van der Waals surface area contributed by atoms with E-state index in [1.807, 2.05) is 6.92 Å². The van der Waals surface area contributed by atoms with Crippen molar-refractivity contribution in [2.45, 2.75) is 115 Å². The first kappa shape index (κ1) is 38.1. The second-order valence-corrected chi connectivity index (χ2v) is 16.4. The number of nitrogens with zero attached hydrogens (tertiary/aromatic N) is 2. The predicted octanol–water partition coefficient (Wildman–Crippen LogP) is 5.76. The van der Waals surface area contributed by atoms with E-state index in [1.54, 1.807) is 31.2 Å². The van der Waals surface area contributed by atoms with Crippen molar-refractivity contribution in [2.75, 3.05) is 10.6 Å². The van der Waals surface area contributed by atoms with Gasteiger partial charge in [0.05, 0.1) is 36.0 Å². The van der Waals surface area contributed by atoms with E-state index in [-0.39, 0.29) is 54.9 Å². The van der Waals surface area contributed by atoms with E-state index in [0.717, 1.165) is 25.0 Å². The summed E-state index contributed by atoms with van der Waals surface area (Å²) in [6.07, 6.45) is -0.868. The first-order chi connectivity index (χ1) is 25.5. The van der Waals surface area contributed by atoms with Crippen LogP contribution in [-0.2, 0) is 43.6 Å². The van der Waals surface area contributed by atoms with Gasteiger partial charge in [0.25, 0.3) is 5.56 Å². The molecule has 1 aromatic heterocycles. The molecule has 2 aliphatic heterocycles. The van der Waals surface area contributed by atoms with Crippen LogP contribution in [0.15, 0.2) is 59.5 Å². The van der Waals surface area contributed by atoms with Crippen LogP contribution in [-0.4, -0.2) is 51.2 Å². The molecule has 8 rings (SSSR count). The average molecular weight is 750 g/mol. The maximum Gasteiger partial charge on any atom is 0.481 e. The second kappa shape index (κ2) is 13.8. The van der Waals surface area contributed by atoms with Gasteiger partial charge < -0.3 is 30.4 Å². The van der Waals surface area contributed by atoms with Crippen LogP contribution in [0.4, 0.5) is 24.5 Å². The fourth-order valence-corrected chi connectivity index (χ4v) is 9.32. The van der Waals surface area contributed by atoms with Crippen molar-refractivity contribution in [1.82, 2.24) is 14.9 Å². The Balaban J connectivity index is 1.14. The van der Waals surface area contributed by atoms with Gasteiger partial charge in [0, 0.05) is 24.1 Å². The molecule has 3 aliphatic carbocycles. The molecule has 4 N–H and O–H groups in total. The third-order valence-corrected chi connectivity index (χ3v) is 12.6. The van der Waals surface area contributed by atoms with E-state index in [4.69, 9.17) is 9.31 Å². The van der Waals surface area contributed by atoms with Crippen molar-refractivity contribution in [1.29, 1.82) is 0 Å². The van der Waals surface area contributed by atoms with Gasteiger partial charge >= 0.3 is 13.3 Å². The minimum atomic E-state index is -4.53. The fraction of sp³-hybridized carbons (Fsp3) is 0.538. The summed E-state index contributed by atoms with van der Waals surface area (Å²) >= 11 is 0. The van der Waals surface area contributed by atoms with Gasteiger partial charge in [0.2, 0.25) is 11.8 Å². The number of fused-ring (bicyclic) bond motifs is 1. The van der Waals surface area contributed by atoms with Gasteiger partial charge in [-0.15, -0.1) is 0 Å². The Labute approximate surface area is 312 Å². The third-order valence-electron chi connectivity index (χ3n) is 12.6. The number of hydrogen-bond donors (Lipinski definition) is 4. The smallest absolute Gasteiger partial charge is 0.404 e. The zero-order valence-electron chi connectivity index (χ0n) is 31.1. The predicted molar refractivity (Wildman–Crippen MR) is 196 cm³/mol. The number of alkyl halides is 3. The Morgan fingerprint density at radius 3 is 2.50 bits per heavy atom.